The molecule has 0 unspecified atom stereocenters. The van der Waals surface area contributed by atoms with Gasteiger partial charge in [0.05, 0.1) is 11.2 Å². The number of benzene rings is 1. The van der Waals surface area contributed by atoms with Crippen molar-refractivity contribution in [1.82, 2.24) is 5.32 Å². The monoisotopic (exact) mass is 223 g/mol. The number of hydrogen-bond donors (Lipinski definition) is 3. The van der Waals surface area contributed by atoms with E-state index in [2.05, 4.69) is 5.32 Å². The topological polar surface area (TPSA) is 69.6 Å². The van der Waals surface area contributed by atoms with Gasteiger partial charge in [-0.25, -0.2) is 4.79 Å². The number of aliphatic hydroxyl groups is 1. The van der Waals surface area contributed by atoms with Crippen molar-refractivity contribution in [2.24, 2.45) is 0 Å². The van der Waals surface area contributed by atoms with Gasteiger partial charge in [0, 0.05) is 13.1 Å². The number of hydrogen-bond acceptors (Lipinski definition) is 3. The third-order valence-electron chi connectivity index (χ3n) is 2.06. The van der Waals surface area contributed by atoms with E-state index in [0.717, 1.165) is 5.56 Å². The second-order valence-electron chi connectivity index (χ2n) is 4.42. The number of carboxylic acid groups (broad SMARTS) is 1. The predicted octanol–water partition coefficient (Wildman–Crippen LogP) is 1.25. The van der Waals surface area contributed by atoms with E-state index in [9.17, 15) is 9.90 Å². The van der Waals surface area contributed by atoms with Crippen molar-refractivity contribution in [3.8, 4) is 0 Å². The molecule has 0 aliphatic rings. The molecular weight excluding hydrogens is 206 g/mol. The Morgan fingerprint density at radius 3 is 2.69 bits per heavy atom. The van der Waals surface area contributed by atoms with Gasteiger partial charge in [-0.3, -0.25) is 0 Å². The highest BCUT2D eigenvalue weighted by molar-refractivity contribution is 5.87. The Morgan fingerprint density at radius 1 is 1.44 bits per heavy atom. The van der Waals surface area contributed by atoms with E-state index in [1.54, 1.807) is 32.0 Å². The molecule has 0 aliphatic carbocycles. The van der Waals surface area contributed by atoms with Gasteiger partial charge in [-0.2, -0.15) is 0 Å². The van der Waals surface area contributed by atoms with Crippen LogP contribution in [0.15, 0.2) is 24.3 Å². The van der Waals surface area contributed by atoms with Gasteiger partial charge in [-0.15, -0.1) is 0 Å². The molecule has 0 bridgehead atoms. The molecule has 0 spiro atoms. The molecule has 1 rings (SSSR count). The highest BCUT2D eigenvalue weighted by Crippen LogP contribution is 2.06. The van der Waals surface area contributed by atoms with Crippen LogP contribution in [0.4, 0.5) is 0 Å². The quantitative estimate of drug-likeness (QED) is 0.702. The molecule has 0 saturated carbocycles. The summed E-state index contributed by atoms with van der Waals surface area (Å²) in [6.07, 6.45) is 0. The molecule has 1 aromatic carbocycles. The summed E-state index contributed by atoms with van der Waals surface area (Å²) in [6.45, 7) is 4.44. The maximum absolute atomic E-state index is 10.7. The molecule has 1 aromatic rings. The average molecular weight is 223 g/mol. The normalized spacial score (nSPS) is 11.4. The second kappa shape index (κ2) is 5.09. The lowest BCUT2D eigenvalue weighted by Crippen LogP contribution is -2.34. The summed E-state index contributed by atoms with van der Waals surface area (Å²) in [7, 11) is 0. The number of nitrogens with one attached hydrogen (secondary N) is 1. The van der Waals surface area contributed by atoms with Crippen LogP contribution in [0.3, 0.4) is 0 Å². The van der Waals surface area contributed by atoms with E-state index in [1.807, 2.05) is 6.07 Å². The Balaban J connectivity index is 2.55. The van der Waals surface area contributed by atoms with Crippen molar-refractivity contribution in [3.63, 3.8) is 0 Å². The van der Waals surface area contributed by atoms with Crippen molar-refractivity contribution in [2.75, 3.05) is 6.54 Å². The Morgan fingerprint density at radius 2 is 2.12 bits per heavy atom. The molecule has 0 fully saturated rings. The lowest BCUT2D eigenvalue weighted by atomic mass is 10.1. The number of rotatable bonds is 5. The summed E-state index contributed by atoms with van der Waals surface area (Å²) in [5.74, 6) is -0.927. The number of carboxylic acids is 1. The van der Waals surface area contributed by atoms with Crippen LogP contribution in [-0.4, -0.2) is 28.3 Å². The Kier molecular flexibility index (Phi) is 4.04. The SMILES string of the molecule is CC(C)(O)CNCc1cccc(C(=O)O)c1. The van der Waals surface area contributed by atoms with Gasteiger partial charge in [-0.1, -0.05) is 12.1 Å². The first kappa shape index (κ1) is 12.7. The van der Waals surface area contributed by atoms with Gasteiger partial charge >= 0.3 is 5.97 Å². The molecule has 0 radical (unpaired) electrons. The summed E-state index contributed by atoms with van der Waals surface area (Å²) < 4.78 is 0. The first-order valence-corrected chi connectivity index (χ1v) is 5.14. The van der Waals surface area contributed by atoms with Crippen molar-refractivity contribution < 1.29 is 15.0 Å². The van der Waals surface area contributed by atoms with Crippen LogP contribution < -0.4 is 5.32 Å². The molecule has 3 N–H and O–H groups in total. The molecular formula is C12H17NO3. The van der Waals surface area contributed by atoms with Crippen molar-refractivity contribution in [3.05, 3.63) is 35.4 Å². The zero-order valence-electron chi connectivity index (χ0n) is 9.53. The number of aromatic carboxylic acids is 1. The highest BCUT2D eigenvalue weighted by Gasteiger charge is 2.11. The van der Waals surface area contributed by atoms with Crippen LogP contribution in [0.5, 0.6) is 0 Å². The van der Waals surface area contributed by atoms with E-state index < -0.39 is 11.6 Å². The zero-order chi connectivity index (χ0) is 12.2. The van der Waals surface area contributed by atoms with Gasteiger partial charge in [0.1, 0.15) is 0 Å². The molecule has 0 amide bonds. The lowest BCUT2D eigenvalue weighted by Gasteiger charge is -2.17. The van der Waals surface area contributed by atoms with E-state index in [4.69, 9.17) is 5.11 Å². The van der Waals surface area contributed by atoms with E-state index in [-0.39, 0.29) is 5.56 Å². The largest absolute Gasteiger partial charge is 0.478 e. The van der Waals surface area contributed by atoms with Crippen LogP contribution in [0.1, 0.15) is 29.8 Å². The highest BCUT2D eigenvalue weighted by atomic mass is 16.4. The molecule has 0 heterocycles. The van der Waals surface area contributed by atoms with Crippen LogP contribution in [0.2, 0.25) is 0 Å². The van der Waals surface area contributed by atoms with Crippen LogP contribution in [0.25, 0.3) is 0 Å². The van der Waals surface area contributed by atoms with Crippen LogP contribution in [0, 0.1) is 0 Å². The molecule has 4 nitrogen and oxygen atoms in total. The van der Waals surface area contributed by atoms with Gasteiger partial charge < -0.3 is 15.5 Å². The summed E-state index contributed by atoms with van der Waals surface area (Å²) in [4.78, 5) is 10.7. The minimum Gasteiger partial charge on any atom is -0.478 e. The van der Waals surface area contributed by atoms with E-state index in [1.165, 1.54) is 0 Å². The fraction of sp³-hybridized carbons (Fsp3) is 0.417. The van der Waals surface area contributed by atoms with Crippen LogP contribution >= 0.6 is 0 Å². The minimum atomic E-state index is -0.927. The summed E-state index contributed by atoms with van der Waals surface area (Å²) in [6, 6.07) is 6.75. The molecule has 4 heteroatoms. The van der Waals surface area contributed by atoms with Crippen LogP contribution in [-0.2, 0) is 6.54 Å². The smallest absolute Gasteiger partial charge is 0.335 e. The van der Waals surface area contributed by atoms with Crippen molar-refractivity contribution in [1.29, 1.82) is 0 Å². The van der Waals surface area contributed by atoms with E-state index in [0.29, 0.717) is 13.1 Å². The molecule has 0 atom stereocenters. The summed E-state index contributed by atoms with van der Waals surface area (Å²) in [5.41, 5.74) is 0.413. The first-order valence-electron chi connectivity index (χ1n) is 5.14. The third kappa shape index (κ3) is 4.42. The minimum absolute atomic E-state index is 0.280. The maximum atomic E-state index is 10.7. The summed E-state index contributed by atoms with van der Waals surface area (Å²) >= 11 is 0. The Bertz CT molecular complexity index is 369. The molecule has 0 aliphatic heterocycles. The van der Waals surface area contributed by atoms with Gasteiger partial charge in [0.25, 0.3) is 0 Å². The average Bonchev–Trinajstić information content (AvgIpc) is 2.16. The predicted molar refractivity (Wildman–Crippen MR) is 61.4 cm³/mol. The number of carbonyl (C=O) groups is 1. The second-order valence-corrected chi connectivity index (χ2v) is 4.42. The lowest BCUT2D eigenvalue weighted by molar-refractivity contribution is 0.0695. The van der Waals surface area contributed by atoms with Crippen molar-refractivity contribution in [2.45, 2.75) is 26.0 Å². The standard InChI is InChI=1S/C12H17NO3/c1-12(2,16)8-13-7-9-4-3-5-10(6-9)11(14)15/h3-6,13,16H,7-8H2,1-2H3,(H,14,15). The van der Waals surface area contributed by atoms with Gasteiger partial charge in [-0.05, 0) is 31.5 Å². The maximum Gasteiger partial charge on any atom is 0.335 e. The molecule has 16 heavy (non-hydrogen) atoms. The Hall–Kier alpha value is -1.39. The zero-order valence-corrected chi connectivity index (χ0v) is 9.53. The fourth-order valence-corrected chi connectivity index (χ4v) is 1.33. The van der Waals surface area contributed by atoms with Gasteiger partial charge in [0.2, 0.25) is 0 Å². The first-order chi connectivity index (χ1) is 7.38. The fourth-order valence-electron chi connectivity index (χ4n) is 1.33. The molecule has 0 saturated heterocycles. The van der Waals surface area contributed by atoms with E-state index >= 15 is 0 Å². The Labute approximate surface area is 94.9 Å². The summed E-state index contributed by atoms with van der Waals surface area (Å²) in [5, 5.41) is 21.4. The molecule has 0 aromatic heterocycles. The van der Waals surface area contributed by atoms with Crippen molar-refractivity contribution >= 4 is 5.97 Å². The molecule has 88 valence electrons. The van der Waals surface area contributed by atoms with Gasteiger partial charge in [0.15, 0.2) is 0 Å². The third-order valence-corrected chi connectivity index (χ3v) is 2.06.